The van der Waals surface area contributed by atoms with Crippen LogP contribution in [0.15, 0.2) is 12.2 Å². The van der Waals surface area contributed by atoms with Gasteiger partial charge in [-0.1, -0.05) is 25.5 Å². The summed E-state index contributed by atoms with van der Waals surface area (Å²) in [6.45, 7) is 2.31. The lowest BCUT2D eigenvalue weighted by Gasteiger charge is -2.39. The highest BCUT2D eigenvalue weighted by Gasteiger charge is 2.73. The molecule has 5 fully saturated rings. The molecule has 0 aliphatic carbocycles. The fraction of sp³-hybridized carbons (Fsp3) is 0.875. The number of fused-ring (bicyclic) bond motifs is 16. The van der Waals surface area contributed by atoms with Crippen LogP contribution in [0, 0.1) is 29.6 Å². The first-order valence-electron chi connectivity index (χ1n) is 8.01. The van der Waals surface area contributed by atoms with Crippen molar-refractivity contribution >= 4 is 0 Å². The second-order valence-corrected chi connectivity index (χ2v) is 7.37. The normalized spacial score (nSPS) is 70.1. The van der Waals surface area contributed by atoms with Crippen LogP contribution >= 0.6 is 0 Å². The lowest BCUT2D eigenvalue weighted by Crippen LogP contribution is -2.49. The van der Waals surface area contributed by atoms with E-state index in [1.807, 2.05) is 0 Å². The fourth-order valence-electron chi connectivity index (χ4n) is 6.39. The largest absolute Gasteiger partial charge is 0.374 e. The van der Waals surface area contributed by atoms with E-state index in [2.05, 4.69) is 19.1 Å². The molecule has 3 heteroatoms. The van der Waals surface area contributed by atoms with E-state index in [1.54, 1.807) is 0 Å². The van der Waals surface area contributed by atoms with Crippen LogP contribution in [0.25, 0.3) is 0 Å². The van der Waals surface area contributed by atoms with Crippen LogP contribution in [-0.4, -0.2) is 36.6 Å². The van der Waals surface area contributed by atoms with Crippen LogP contribution < -0.4 is 0 Å². The Morgan fingerprint density at radius 2 is 1.58 bits per heavy atom. The molecule has 0 spiro atoms. The molecule has 6 rings (SSSR count). The first-order chi connectivity index (χ1) is 9.36. The van der Waals surface area contributed by atoms with Crippen LogP contribution in [0.3, 0.4) is 0 Å². The first-order valence-corrected chi connectivity index (χ1v) is 8.01. The highest BCUT2D eigenvalue weighted by Crippen LogP contribution is 2.66. The van der Waals surface area contributed by atoms with Gasteiger partial charge in [-0.15, -0.1) is 0 Å². The van der Waals surface area contributed by atoms with Gasteiger partial charge in [-0.2, -0.15) is 0 Å². The molecule has 0 amide bonds. The Labute approximate surface area is 113 Å². The maximum atomic E-state index is 6.46. The van der Waals surface area contributed by atoms with Gasteiger partial charge in [0.1, 0.15) is 0 Å². The van der Waals surface area contributed by atoms with Crippen molar-refractivity contribution < 1.29 is 14.2 Å². The highest BCUT2D eigenvalue weighted by molar-refractivity contribution is 5.26. The Bertz CT molecular complexity index is 475. The molecule has 6 aliphatic heterocycles. The van der Waals surface area contributed by atoms with E-state index in [0.29, 0.717) is 60.3 Å². The number of ether oxygens (including phenoxy) is 3. The molecule has 11 unspecified atom stereocenters. The van der Waals surface area contributed by atoms with Crippen molar-refractivity contribution in [2.24, 2.45) is 29.6 Å². The van der Waals surface area contributed by atoms with Crippen molar-refractivity contribution in [2.45, 2.75) is 56.4 Å². The SMILES string of the molecule is CCC1CC2OC1C1C3OC(C4C5C=CC(O5)C34)C21. The minimum Gasteiger partial charge on any atom is -0.374 e. The van der Waals surface area contributed by atoms with E-state index in [9.17, 15) is 0 Å². The molecule has 0 N–H and O–H groups in total. The number of rotatable bonds is 1. The minimum atomic E-state index is 0.338. The zero-order chi connectivity index (χ0) is 12.3. The topological polar surface area (TPSA) is 27.7 Å². The smallest absolute Gasteiger partial charge is 0.0822 e. The second kappa shape index (κ2) is 3.10. The lowest BCUT2D eigenvalue weighted by atomic mass is 9.59. The summed E-state index contributed by atoms with van der Waals surface area (Å²) in [7, 11) is 0. The molecule has 102 valence electrons. The number of hydrogen-bond acceptors (Lipinski definition) is 3. The molecule has 11 atom stereocenters. The van der Waals surface area contributed by atoms with Crippen LogP contribution in [0.4, 0.5) is 0 Å². The van der Waals surface area contributed by atoms with Crippen molar-refractivity contribution in [1.82, 2.24) is 0 Å². The van der Waals surface area contributed by atoms with Crippen molar-refractivity contribution in [3.63, 3.8) is 0 Å². The van der Waals surface area contributed by atoms with Gasteiger partial charge in [-0.3, -0.25) is 0 Å². The molecule has 0 radical (unpaired) electrons. The lowest BCUT2D eigenvalue weighted by molar-refractivity contribution is -0.0337. The van der Waals surface area contributed by atoms with E-state index in [1.165, 1.54) is 12.8 Å². The van der Waals surface area contributed by atoms with Crippen LogP contribution in [-0.2, 0) is 14.2 Å². The molecule has 0 saturated carbocycles. The third-order valence-corrected chi connectivity index (χ3v) is 6.95. The summed E-state index contributed by atoms with van der Waals surface area (Å²) >= 11 is 0. The Hall–Kier alpha value is -0.380. The zero-order valence-electron chi connectivity index (χ0n) is 11.1. The molecule has 19 heavy (non-hydrogen) atoms. The summed E-state index contributed by atoms with van der Waals surface area (Å²) < 4.78 is 18.9. The summed E-state index contributed by atoms with van der Waals surface area (Å²) in [5, 5.41) is 0. The van der Waals surface area contributed by atoms with E-state index in [4.69, 9.17) is 14.2 Å². The van der Waals surface area contributed by atoms with Gasteiger partial charge in [-0.05, 0) is 12.3 Å². The Morgan fingerprint density at radius 1 is 0.842 bits per heavy atom. The molecular formula is C16H20O3. The Balaban J connectivity index is 1.42. The predicted molar refractivity (Wildman–Crippen MR) is 67.5 cm³/mol. The maximum Gasteiger partial charge on any atom is 0.0822 e. The molecule has 6 aliphatic rings. The average molecular weight is 260 g/mol. The van der Waals surface area contributed by atoms with Crippen LogP contribution in [0.2, 0.25) is 0 Å². The third-order valence-electron chi connectivity index (χ3n) is 6.95. The zero-order valence-corrected chi connectivity index (χ0v) is 11.1. The molecule has 5 saturated heterocycles. The van der Waals surface area contributed by atoms with Crippen molar-refractivity contribution in [3.05, 3.63) is 12.2 Å². The van der Waals surface area contributed by atoms with E-state index >= 15 is 0 Å². The van der Waals surface area contributed by atoms with Gasteiger partial charge in [-0.25, -0.2) is 0 Å². The molecule has 0 aromatic carbocycles. The van der Waals surface area contributed by atoms with Gasteiger partial charge in [0.05, 0.1) is 36.6 Å². The average Bonchev–Trinajstić information content (AvgIpc) is 3.20. The fourth-order valence-corrected chi connectivity index (χ4v) is 6.39. The summed E-state index contributed by atoms with van der Waals surface area (Å²) in [5.41, 5.74) is 0. The molecule has 6 bridgehead atoms. The summed E-state index contributed by atoms with van der Waals surface area (Å²) in [6, 6.07) is 0. The second-order valence-electron chi connectivity index (χ2n) is 7.37. The van der Waals surface area contributed by atoms with E-state index in [-0.39, 0.29) is 0 Å². The van der Waals surface area contributed by atoms with Gasteiger partial charge < -0.3 is 14.2 Å². The van der Waals surface area contributed by atoms with Gasteiger partial charge in [0, 0.05) is 23.7 Å². The maximum absolute atomic E-state index is 6.46. The van der Waals surface area contributed by atoms with Gasteiger partial charge in [0.2, 0.25) is 0 Å². The molecule has 0 aromatic rings. The van der Waals surface area contributed by atoms with Crippen molar-refractivity contribution in [3.8, 4) is 0 Å². The summed E-state index contributed by atoms with van der Waals surface area (Å²) in [6.07, 6.45) is 9.58. The Kier molecular flexibility index (Phi) is 1.69. The standard InChI is InChI=1S/C16H20O3/c1-2-6-5-9-12-13(14(6)18-9)16-11-8-4-3-7(17-8)10(11)15(12)19-16/h3-4,6-16H,2,5H2,1H3. The summed E-state index contributed by atoms with van der Waals surface area (Å²) in [4.78, 5) is 0. The Morgan fingerprint density at radius 3 is 2.32 bits per heavy atom. The third kappa shape index (κ3) is 0.969. The quantitative estimate of drug-likeness (QED) is 0.672. The summed E-state index contributed by atoms with van der Waals surface area (Å²) in [5.74, 6) is 3.38. The predicted octanol–water partition coefficient (Wildman–Crippen LogP) is 1.77. The highest BCUT2D eigenvalue weighted by atomic mass is 16.6. The van der Waals surface area contributed by atoms with Gasteiger partial charge in [0.15, 0.2) is 0 Å². The van der Waals surface area contributed by atoms with Crippen LogP contribution in [0.5, 0.6) is 0 Å². The van der Waals surface area contributed by atoms with Crippen LogP contribution in [0.1, 0.15) is 19.8 Å². The van der Waals surface area contributed by atoms with Gasteiger partial charge >= 0.3 is 0 Å². The first kappa shape index (κ1) is 10.4. The molecule has 6 heterocycles. The van der Waals surface area contributed by atoms with Crippen molar-refractivity contribution in [2.75, 3.05) is 0 Å². The monoisotopic (exact) mass is 260 g/mol. The van der Waals surface area contributed by atoms with Gasteiger partial charge in [0.25, 0.3) is 0 Å². The minimum absolute atomic E-state index is 0.338. The number of hydrogen-bond donors (Lipinski definition) is 0. The van der Waals surface area contributed by atoms with E-state index < -0.39 is 0 Å². The van der Waals surface area contributed by atoms with E-state index in [0.717, 1.165) is 5.92 Å². The van der Waals surface area contributed by atoms with Crippen molar-refractivity contribution in [1.29, 1.82) is 0 Å². The molecule has 3 nitrogen and oxygen atoms in total. The molecule has 0 aromatic heterocycles. The molecular weight excluding hydrogens is 240 g/mol.